The van der Waals surface area contributed by atoms with Crippen molar-refractivity contribution in [2.75, 3.05) is 7.11 Å². The maximum atomic E-state index is 13.4. The molecule has 0 bridgehead atoms. The number of ether oxygens (including phenoxy) is 1. The van der Waals surface area contributed by atoms with Gasteiger partial charge in [-0.05, 0) is 24.1 Å². The molecule has 0 aliphatic heterocycles. The highest BCUT2D eigenvalue weighted by molar-refractivity contribution is 5.57. The lowest BCUT2D eigenvalue weighted by atomic mass is 10.0. The number of aromatic nitrogens is 2. The van der Waals surface area contributed by atoms with E-state index in [4.69, 9.17) is 15.0 Å². The van der Waals surface area contributed by atoms with Gasteiger partial charge in [0.15, 0.2) is 11.6 Å². The second-order valence-electron chi connectivity index (χ2n) is 4.72. The van der Waals surface area contributed by atoms with Crippen LogP contribution in [0.15, 0.2) is 22.7 Å². The lowest BCUT2D eigenvalue weighted by molar-refractivity contribution is 0.312. The first kappa shape index (κ1) is 14.5. The molecule has 2 N–H and O–H groups in total. The number of nitrogens with zero attached hydrogens (tertiary/aromatic N) is 2. The van der Waals surface area contributed by atoms with Crippen LogP contribution in [0.25, 0.3) is 11.4 Å². The van der Waals surface area contributed by atoms with Crippen LogP contribution in [-0.4, -0.2) is 17.3 Å². The summed E-state index contributed by atoms with van der Waals surface area (Å²) in [6, 6.07) is 4.10. The molecule has 1 aromatic heterocycles. The van der Waals surface area contributed by atoms with Crippen molar-refractivity contribution in [3.8, 4) is 17.1 Å². The standard InChI is InChI=1S/C14H18FN3O2/c1-4-8(2)12(16)14-17-13(18-20-14)9-5-6-10(15)11(7-9)19-3/h5-8,12H,4,16H2,1-3H3/t8?,12-/m0/s1. The fourth-order valence-electron chi connectivity index (χ4n) is 1.78. The Morgan fingerprint density at radius 3 is 2.85 bits per heavy atom. The van der Waals surface area contributed by atoms with E-state index in [9.17, 15) is 4.39 Å². The molecule has 0 amide bonds. The zero-order valence-electron chi connectivity index (χ0n) is 11.8. The summed E-state index contributed by atoms with van der Waals surface area (Å²) in [4.78, 5) is 4.27. The van der Waals surface area contributed by atoms with Crippen molar-refractivity contribution in [1.29, 1.82) is 0 Å². The second kappa shape index (κ2) is 6.00. The Morgan fingerprint density at radius 2 is 2.20 bits per heavy atom. The van der Waals surface area contributed by atoms with Crippen molar-refractivity contribution in [3.05, 3.63) is 29.9 Å². The molecule has 0 aliphatic carbocycles. The molecule has 2 rings (SSSR count). The fraction of sp³-hybridized carbons (Fsp3) is 0.429. The number of halogens is 1. The zero-order chi connectivity index (χ0) is 14.7. The fourth-order valence-corrected chi connectivity index (χ4v) is 1.78. The number of nitrogens with two attached hydrogens (primary N) is 1. The van der Waals surface area contributed by atoms with Crippen molar-refractivity contribution in [3.63, 3.8) is 0 Å². The number of rotatable bonds is 5. The Balaban J connectivity index is 2.29. The lowest BCUT2D eigenvalue weighted by Crippen LogP contribution is -2.18. The van der Waals surface area contributed by atoms with E-state index in [1.54, 1.807) is 6.07 Å². The van der Waals surface area contributed by atoms with Crippen LogP contribution in [-0.2, 0) is 0 Å². The minimum absolute atomic E-state index is 0.139. The van der Waals surface area contributed by atoms with Gasteiger partial charge in [-0.1, -0.05) is 25.4 Å². The van der Waals surface area contributed by atoms with Gasteiger partial charge in [0.05, 0.1) is 13.2 Å². The lowest BCUT2D eigenvalue weighted by Gasteiger charge is -2.12. The predicted octanol–water partition coefficient (Wildman–Crippen LogP) is 2.93. The molecule has 0 fully saturated rings. The average molecular weight is 279 g/mol. The SMILES string of the molecule is CCC(C)[C@H](N)c1nc(-c2ccc(F)c(OC)c2)no1. The monoisotopic (exact) mass is 279 g/mol. The third-order valence-corrected chi connectivity index (χ3v) is 3.39. The third-order valence-electron chi connectivity index (χ3n) is 3.39. The van der Waals surface area contributed by atoms with Gasteiger partial charge in [0.2, 0.25) is 11.7 Å². The molecule has 0 saturated heterocycles. The van der Waals surface area contributed by atoms with Gasteiger partial charge in [-0.2, -0.15) is 4.98 Å². The van der Waals surface area contributed by atoms with E-state index in [2.05, 4.69) is 10.1 Å². The summed E-state index contributed by atoms with van der Waals surface area (Å²) in [7, 11) is 1.41. The highest BCUT2D eigenvalue weighted by atomic mass is 19.1. The van der Waals surface area contributed by atoms with Crippen molar-refractivity contribution in [2.45, 2.75) is 26.3 Å². The summed E-state index contributed by atoms with van der Waals surface area (Å²) in [6.45, 7) is 4.07. The highest BCUT2D eigenvalue weighted by Crippen LogP contribution is 2.26. The van der Waals surface area contributed by atoms with Crippen molar-refractivity contribution >= 4 is 0 Å². The number of methoxy groups -OCH3 is 1. The molecule has 0 spiro atoms. The first-order chi connectivity index (χ1) is 9.56. The maximum absolute atomic E-state index is 13.4. The van der Waals surface area contributed by atoms with Gasteiger partial charge in [-0.25, -0.2) is 4.39 Å². The molecule has 2 atom stereocenters. The van der Waals surface area contributed by atoms with E-state index in [0.29, 0.717) is 17.3 Å². The van der Waals surface area contributed by atoms with E-state index in [-0.39, 0.29) is 17.7 Å². The zero-order valence-corrected chi connectivity index (χ0v) is 11.8. The van der Waals surface area contributed by atoms with Gasteiger partial charge in [0.25, 0.3) is 0 Å². The van der Waals surface area contributed by atoms with Crippen molar-refractivity contribution < 1.29 is 13.7 Å². The molecule has 0 saturated carbocycles. The third kappa shape index (κ3) is 2.80. The van der Waals surface area contributed by atoms with Crippen LogP contribution >= 0.6 is 0 Å². The molecular formula is C14H18FN3O2. The van der Waals surface area contributed by atoms with Crippen LogP contribution in [0, 0.1) is 11.7 Å². The molecule has 0 radical (unpaired) electrons. The van der Waals surface area contributed by atoms with Crippen LogP contribution in [0.5, 0.6) is 5.75 Å². The van der Waals surface area contributed by atoms with Gasteiger partial charge in [-0.15, -0.1) is 0 Å². The molecule has 0 aliphatic rings. The Kier molecular flexibility index (Phi) is 4.34. The Labute approximate surface area is 116 Å². The van der Waals surface area contributed by atoms with Crippen LogP contribution in [0.2, 0.25) is 0 Å². The van der Waals surface area contributed by atoms with Gasteiger partial charge in [0.1, 0.15) is 0 Å². The molecule has 1 unspecified atom stereocenters. The predicted molar refractivity (Wildman–Crippen MR) is 72.6 cm³/mol. The molecule has 1 aromatic carbocycles. The summed E-state index contributed by atoms with van der Waals surface area (Å²) < 4.78 is 23.5. The second-order valence-corrected chi connectivity index (χ2v) is 4.72. The van der Waals surface area contributed by atoms with Gasteiger partial charge < -0.3 is 15.0 Å². The molecule has 2 aromatic rings. The van der Waals surface area contributed by atoms with Crippen molar-refractivity contribution in [2.24, 2.45) is 11.7 Å². The molecular weight excluding hydrogens is 261 g/mol. The summed E-state index contributed by atoms with van der Waals surface area (Å²) in [5.74, 6) is 0.706. The molecule has 20 heavy (non-hydrogen) atoms. The normalized spacial score (nSPS) is 14.1. The summed E-state index contributed by atoms with van der Waals surface area (Å²) in [6.07, 6.45) is 0.920. The molecule has 108 valence electrons. The smallest absolute Gasteiger partial charge is 0.244 e. The molecule has 5 nitrogen and oxygen atoms in total. The summed E-state index contributed by atoms with van der Waals surface area (Å²) in [5.41, 5.74) is 6.66. The van der Waals surface area contributed by atoms with Crippen LogP contribution in [0.1, 0.15) is 32.2 Å². The highest BCUT2D eigenvalue weighted by Gasteiger charge is 2.20. The van der Waals surface area contributed by atoms with E-state index in [0.717, 1.165) is 6.42 Å². The van der Waals surface area contributed by atoms with Crippen LogP contribution < -0.4 is 10.5 Å². The quantitative estimate of drug-likeness (QED) is 0.910. The maximum Gasteiger partial charge on any atom is 0.244 e. The first-order valence-corrected chi connectivity index (χ1v) is 6.49. The Hall–Kier alpha value is -1.95. The summed E-state index contributed by atoms with van der Waals surface area (Å²) >= 11 is 0. The summed E-state index contributed by atoms with van der Waals surface area (Å²) in [5, 5.41) is 3.89. The number of hydrogen-bond acceptors (Lipinski definition) is 5. The number of hydrogen-bond donors (Lipinski definition) is 1. The Bertz CT molecular complexity index is 586. The van der Waals surface area contributed by atoms with E-state index in [1.807, 2.05) is 13.8 Å². The van der Waals surface area contributed by atoms with Gasteiger partial charge >= 0.3 is 0 Å². The largest absolute Gasteiger partial charge is 0.494 e. The average Bonchev–Trinajstić information content (AvgIpc) is 2.95. The van der Waals surface area contributed by atoms with E-state index in [1.165, 1.54) is 19.2 Å². The minimum atomic E-state index is -0.434. The van der Waals surface area contributed by atoms with Gasteiger partial charge in [-0.3, -0.25) is 0 Å². The van der Waals surface area contributed by atoms with Gasteiger partial charge in [0, 0.05) is 5.56 Å². The van der Waals surface area contributed by atoms with E-state index < -0.39 is 5.82 Å². The topological polar surface area (TPSA) is 74.2 Å². The van der Waals surface area contributed by atoms with Crippen LogP contribution in [0.4, 0.5) is 4.39 Å². The van der Waals surface area contributed by atoms with Crippen LogP contribution in [0.3, 0.4) is 0 Å². The number of benzene rings is 1. The Morgan fingerprint density at radius 1 is 1.45 bits per heavy atom. The first-order valence-electron chi connectivity index (χ1n) is 6.49. The molecule has 1 heterocycles. The molecule has 6 heteroatoms. The van der Waals surface area contributed by atoms with Crippen molar-refractivity contribution in [1.82, 2.24) is 10.1 Å². The van der Waals surface area contributed by atoms with E-state index >= 15 is 0 Å². The minimum Gasteiger partial charge on any atom is -0.494 e.